The molecule has 1 aliphatic heterocycles. The first-order valence-electron chi connectivity index (χ1n) is 10.00. The number of fused-ring (bicyclic) bond motifs is 1. The molecule has 0 aromatic heterocycles. The number of carboxylic acids is 2. The summed E-state index contributed by atoms with van der Waals surface area (Å²) in [5, 5.41) is 14.8. The van der Waals surface area contributed by atoms with Gasteiger partial charge in [0, 0.05) is 0 Å². The molecule has 0 atom stereocenters. The minimum Gasteiger partial charge on any atom is -0.493 e. The van der Waals surface area contributed by atoms with Gasteiger partial charge in [0.05, 0.1) is 6.61 Å². The molecule has 0 radical (unpaired) electrons. The third-order valence-corrected chi connectivity index (χ3v) is 5.11. The third-order valence-electron chi connectivity index (χ3n) is 5.11. The summed E-state index contributed by atoms with van der Waals surface area (Å²) in [5.74, 6) is -2.49. The van der Waals surface area contributed by atoms with Gasteiger partial charge in [0.25, 0.3) is 0 Å². The van der Waals surface area contributed by atoms with Gasteiger partial charge in [-0.1, -0.05) is 12.1 Å². The van der Waals surface area contributed by atoms with Crippen molar-refractivity contribution < 1.29 is 24.5 Å². The smallest absolute Gasteiger partial charge is 0.414 e. The number of unbranched alkanes of at least 4 members (excludes halogenated alkanes) is 2. The molecule has 0 amide bonds. The molecule has 150 valence electrons. The molecule has 0 unspecified atom stereocenters. The molecule has 1 fully saturated rings. The Morgan fingerprint density at radius 3 is 2.33 bits per heavy atom. The van der Waals surface area contributed by atoms with Crippen LogP contribution in [-0.2, 0) is 22.4 Å². The van der Waals surface area contributed by atoms with E-state index >= 15 is 0 Å². The van der Waals surface area contributed by atoms with E-state index < -0.39 is 11.9 Å². The van der Waals surface area contributed by atoms with Crippen molar-refractivity contribution in [2.24, 2.45) is 0 Å². The molecule has 27 heavy (non-hydrogen) atoms. The Morgan fingerprint density at radius 1 is 0.926 bits per heavy atom. The van der Waals surface area contributed by atoms with Crippen molar-refractivity contribution in [1.29, 1.82) is 0 Å². The van der Waals surface area contributed by atoms with Gasteiger partial charge in [-0.25, -0.2) is 9.59 Å². The van der Waals surface area contributed by atoms with Crippen LogP contribution >= 0.6 is 0 Å². The minimum absolute atomic E-state index is 0.885. The van der Waals surface area contributed by atoms with Gasteiger partial charge in [-0.15, -0.1) is 0 Å². The summed E-state index contributed by atoms with van der Waals surface area (Å²) in [6.45, 7) is 4.83. The Bertz CT molecular complexity index is 599. The first-order valence-corrected chi connectivity index (χ1v) is 10.00. The second-order valence-corrected chi connectivity index (χ2v) is 7.17. The van der Waals surface area contributed by atoms with E-state index in [2.05, 4.69) is 23.1 Å². The molecule has 1 aliphatic carbocycles. The lowest BCUT2D eigenvalue weighted by molar-refractivity contribution is -0.159. The zero-order valence-corrected chi connectivity index (χ0v) is 16.0. The molecule has 3 rings (SSSR count). The fraction of sp³-hybridized carbons (Fsp3) is 0.619. The van der Waals surface area contributed by atoms with E-state index in [1.165, 1.54) is 88.5 Å². The zero-order chi connectivity index (χ0) is 19.5. The van der Waals surface area contributed by atoms with Crippen LogP contribution in [-0.4, -0.2) is 53.3 Å². The lowest BCUT2D eigenvalue weighted by Gasteiger charge is -2.19. The van der Waals surface area contributed by atoms with E-state index in [1.54, 1.807) is 0 Å². The summed E-state index contributed by atoms with van der Waals surface area (Å²) >= 11 is 0. The Hall–Kier alpha value is -2.08. The highest BCUT2D eigenvalue weighted by Gasteiger charge is 2.13. The van der Waals surface area contributed by atoms with Gasteiger partial charge in [-0.3, -0.25) is 0 Å². The van der Waals surface area contributed by atoms with Gasteiger partial charge >= 0.3 is 11.9 Å². The predicted octanol–water partition coefficient (Wildman–Crippen LogP) is 3.37. The number of likely N-dealkylation sites (tertiary alicyclic amines) is 1. The van der Waals surface area contributed by atoms with Crippen molar-refractivity contribution in [2.45, 2.75) is 57.8 Å². The number of nitrogens with zero attached hydrogens (tertiary/aromatic N) is 1. The molecule has 2 N–H and O–H groups in total. The third kappa shape index (κ3) is 7.59. The molecule has 2 aliphatic rings. The summed E-state index contributed by atoms with van der Waals surface area (Å²) in [5.41, 5.74) is 3.01. The van der Waals surface area contributed by atoms with Crippen LogP contribution < -0.4 is 4.74 Å². The van der Waals surface area contributed by atoms with Crippen molar-refractivity contribution in [3.8, 4) is 5.75 Å². The number of aliphatic carboxylic acids is 2. The molecule has 1 heterocycles. The van der Waals surface area contributed by atoms with Gasteiger partial charge < -0.3 is 19.8 Å². The largest absolute Gasteiger partial charge is 0.493 e. The molecule has 6 nitrogen and oxygen atoms in total. The van der Waals surface area contributed by atoms with Crippen LogP contribution in [0.25, 0.3) is 0 Å². The summed E-state index contributed by atoms with van der Waals surface area (Å²) in [7, 11) is 0. The van der Waals surface area contributed by atoms with Gasteiger partial charge in [0.2, 0.25) is 0 Å². The first-order chi connectivity index (χ1) is 13.1. The maximum atomic E-state index is 9.10. The Morgan fingerprint density at radius 2 is 1.63 bits per heavy atom. The van der Waals surface area contributed by atoms with E-state index in [9.17, 15) is 0 Å². The summed E-state index contributed by atoms with van der Waals surface area (Å²) in [6, 6.07) is 6.60. The van der Waals surface area contributed by atoms with Crippen LogP contribution in [0.4, 0.5) is 0 Å². The quantitative estimate of drug-likeness (QED) is 0.560. The van der Waals surface area contributed by atoms with E-state index in [1.807, 2.05) is 0 Å². The van der Waals surface area contributed by atoms with Gasteiger partial charge in [0.1, 0.15) is 5.75 Å². The molecular formula is C21H31NO5. The number of ether oxygens (including phenoxy) is 1. The molecule has 1 saturated heterocycles. The summed E-state index contributed by atoms with van der Waals surface area (Å²) in [4.78, 5) is 20.8. The summed E-state index contributed by atoms with van der Waals surface area (Å²) in [6.07, 6.45) is 11.7. The fourth-order valence-corrected chi connectivity index (χ4v) is 3.68. The number of hydrogen-bond acceptors (Lipinski definition) is 4. The molecule has 1 aromatic carbocycles. The van der Waals surface area contributed by atoms with Crippen LogP contribution in [0.3, 0.4) is 0 Å². The van der Waals surface area contributed by atoms with E-state index in [-0.39, 0.29) is 0 Å². The molecule has 0 spiro atoms. The van der Waals surface area contributed by atoms with E-state index in [0.29, 0.717) is 0 Å². The van der Waals surface area contributed by atoms with Crippen LogP contribution in [0, 0.1) is 0 Å². The fourth-order valence-electron chi connectivity index (χ4n) is 3.68. The first kappa shape index (κ1) is 21.2. The van der Waals surface area contributed by atoms with Crippen molar-refractivity contribution in [3.05, 3.63) is 29.3 Å². The Kier molecular flexibility index (Phi) is 9.11. The molecule has 0 bridgehead atoms. The van der Waals surface area contributed by atoms with Crippen molar-refractivity contribution in [1.82, 2.24) is 4.90 Å². The molecule has 0 saturated carbocycles. The number of carboxylic acid groups (broad SMARTS) is 2. The zero-order valence-electron chi connectivity index (χ0n) is 16.0. The predicted molar refractivity (Wildman–Crippen MR) is 103 cm³/mol. The van der Waals surface area contributed by atoms with Crippen LogP contribution in [0.1, 0.15) is 56.1 Å². The standard InChI is InChI=1S/C19H29NO.C2H2O4/c1(4-13-20-14-5-6-15-20)7-16-21-19-12-8-10-17-9-2-3-11-18(17)19;3-1(4)2(5)6/h8,10,12H,1-7,9,11,13-16H2;(H,3,4)(H,5,6). The highest BCUT2D eigenvalue weighted by atomic mass is 16.5. The molecule has 6 heteroatoms. The number of rotatable bonds is 7. The van der Waals surface area contributed by atoms with Crippen LogP contribution in [0.2, 0.25) is 0 Å². The normalized spacial score (nSPS) is 16.1. The maximum Gasteiger partial charge on any atom is 0.414 e. The maximum absolute atomic E-state index is 9.10. The SMILES string of the molecule is O=C(O)C(=O)O.c1cc2c(c(OCCCCCN3CCCC3)c1)CCCC2. The van der Waals surface area contributed by atoms with E-state index in [4.69, 9.17) is 24.5 Å². The second kappa shape index (κ2) is 11.6. The number of hydrogen-bond donors (Lipinski definition) is 2. The van der Waals surface area contributed by atoms with Crippen LogP contribution in [0.15, 0.2) is 18.2 Å². The van der Waals surface area contributed by atoms with Crippen LogP contribution in [0.5, 0.6) is 5.75 Å². The lowest BCUT2D eigenvalue weighted by Crippen LogP contribution is -2.20. The Balaban J connectivity index is 0.000000380. The highest BCUT2D eigenvalue weighted by Crippen LogP contribution is 2.29. The topological polar surface area (TPSA) is 87.1 Å². The van der Waals surface area contributed by atoms with Gasteiger partial charge in [0.15, 0.2) is 0 Å². The minimum atomic E-state index is -1.82. The number of aryl methyl sites for hydroxylation is 1. The molecule has 1 aromatic rings. The van der Waals surface area contributed by atoms with Gasteiger partial charge in [-0.2, -0.15) is 0 Å². The lowest BCUT2D eigenvalue weighted by atomic mass is 9.91. The van der Waals surface area contributed by atoms with Crippen molar-refractivity contribution in [3.63, 3.8) is 0 Å². The number of carbonyl (C=O) groups is 2. The summed E-state index contributed by atoms with van der Waals surface area (Å²) < 4.78 is 6.06. The number of benzene rings is 1. The van der Waals surface area contributed by atoms with Crippen molar-refractivity contribution in [2.75, 3.05) is 26.2 Å². The molecular weight excluding hydrogens is 346 g/mol. The van der Waals surface area contributed by atoms with Crippen molar-refractivity contribution >= 4 is 11.9 Å². The highest BCUT2D eigenvalue weighted by molar-refractivity contribution is 6.27. The average Bonchev–Trinajstić information content (AvgIpc) is 3.18. The average molecular weight is 377 g/mol. The Labute approximate surface area is 161 Å². The van der Waals surface area contributed by atoms with E-state index in [0.717, 1.165) is 12.4 Å². The monoisotopic (exact) mass is 377 g/mol. The van der Waals surface area contributed by atoms with Gasteiger partial charge in [-0.05, 0) is 94.6 Å². The second-order valence-electron chi connectivity index (χ2n) is 7.17.